The van der Waals surface area contributed by atoms with Crippen molar-refractivity contribution in [3.8, 4) is 0 Å². The highest BCUT2D eigenvalue weighted by molar-refractivity contribution is 6.33. The van der Waals surface area contributed by atoms with Crippen molar-refractivity contribution < 1.29 is 14.3 Å². The number of rotatable bonds is 3. The fraction of sp³-hybridized carbons (Fsp3) is 0.533. The summed E-state index contributed by atoms with van der Waals surface area (Å²) in [4.78, 5) is 13.6. The maximum atomic E-state index is 13.2. The van der Waals surface area contributed by atoms with Crippen LogP contribution in [0.5, 0.6) is 0 Å². The van der Waals surface area contributed by atoms with Crippen LogP contribution >= 0.6 is 11.6 Å². The summed E-state index contributed by atoms with van der Waals surface area (Å²) in [7, 11) is 1.66. The summed E-state index contributed by atoms with van der Waals surface area (Å²) >= 11 is 5.92. The number of carbonyl (C=O) groups excluding carboxylic acids is 1. The second kappa shape index (κ2) is 7.09. The quantitative estimate of drug-likeness (QED) is 0.897. The zero-order chi connectivity index (χ0) is 15.4. The average Bonchev–Trinajstić information content (AvgIpc) is 2.45. The number of hydrogen-bond donors (Lipinski definition) is 2. The van der Waals surface area contributed by atoms with E-state index >= 15 is 0 Å². The molecule has 2 atom stereocenters. The van der Waals surface area contributed by atoms with E-state index in [1.807, 2.05) is 0 Å². The summed E-state index contributed by atoms with van der Waals surface area (Å²) in [6, 6.07) is 3.46. The highest BCUT2D eigenvalue weighted by Crippen LogP contribution is 2.26. The topological polar surface area (TPSA) is 52.6 Å². The van der Waals surface area contributed by atoms with Gasteiger partial charge in [-0.15, -0.1) is 0 Å². The molecule has 1 aliphatic carbocycles. The molecule has 2 unspecified atom stereocenters. The highest BCUT2D eigenvalue weighted by atomic mass is 35.5. The van der Waals surface area contributed by atoms with Crippen molar-refractivity contribution in [2.75, 3.05) is 18.9 Å². The average molecular weight is 315 g/mol. The normalized spacial score (nSPS) is 21.9. The Kier molecular flexibility index (Phi) is 5.42. The summed E-state index contributed by atoms with van der Waals surface area (Å²) in [6.45, 7) is 0.472. The van der Waals surface area contributed by atoms with Gasteiger partial charge in [0.15, 0.2) is 0 Å². The smallest absolute Gasteiger partial charge is 0.321 e. The van der Waals surface area contributed by atoms with Crippen LogP contribution < -0.4 is 5.32 Å². The molecular weight excluding hydrogens is 295 g/mol. The van der Waals surface area contributed by atoms with E-state index in [2.05, 4.69) is 5.32 Å². The number of nitrogens with zero attached hydrogens (tertiary/aromatic N) is 1. The van der Waals surface area contributed by atoms with Crippen molar-refractivity contribution >= 4 is 23.3 Å². The monoisotopic (exact) mass is 314 g/mol. The van der Waals surface area contributed by atoms with E-state index in [4.69, 9.17) is 11.6 Å². The second-order valence-corrected chi connectivity index (χ2v) is 5.95. The predicted molar refractivity (Wildman–Crippen MR) is 81.0 cm³/mol. The maximum Gasteiger partial charge on any atom is 0.321 e. The predicted octanol–water partition coefficient (Wildman–Crippen LogP) is 3.49. The summed E-state index contributed by atoms with van der Waals surface area (Å²) in [5.41, 5.74) is 0.248. The number of anilines is 1. The van der Waals surface area contributed by atoms with Gasteiger partial charge in [0.25, 0.3) is 0 Å². The van der Waals surface area contributed by atoms with Gasteiger partial charge in [0.05, 0.1) is 16.8 Å². The third kappa shape index (κ3) is 4.32. The maximum absolute atomic E-state index is 13.2. The van der Waals surface area contributed by atoms with Crippen LogP contribution in [-0.4, -0.2) is 35.7 Å². The number of amides is 2. The Balaban J connectivity index is 1.94. The van der Waals surface area contributed by atoms with Crippen LogP contribution in [0, 0.1) is 11.7 Å². The lowest BCUT2D eigenvalue weighted by atomic mass is 9.86. The Labute approximate surface area is 128 Å². The number of aliphatic hydroxyl groups excluding tert-OH is 1. The first kappa shape index (κ1) is 16.0. The third-order valence-electron chi connectivity index (χ3n) is 3.89. The molecule has 1 aromatic carbocycles. The van der Waals surface area contributed by atoms with Crippen LogP contribution in [0.25, 0.3) is 0 Å². The second-order valence-electron chi connectivity index (χ2n) is 5.55. The van der Waals surface area contributed by atoms with Crippen molar-refractivity contribution in [3.63, 3.8) is 0 Å². The van der Waals surface area contributed by atoms with Crippen LogP contribution in [-0.2, 0) is 0 Å². The lowest BCUT2D eigenvalue weighted by Crippen LogP contribution is -2.40. The van der Waals surface area contributed by atoms with Gasteiger partial charge in [-0.2, -0.15) is 0 Å². The van der Waals surface area contributed by atoms with Crippen LogP contribution in [0.2, 0.25) is 5.02 Å². The van der Waals surface area contributed by atoms with E-state index < -0.39 is 5.82 Å². The van der Waals surface area contributed by atoms with E-state index in [0.29, 0.717) is 6.54 Å². The highest BCUT2D eigenvalue weighted by Gasteiger charge is 2.25. The standard InChI is InChI=1S/C15H20ClFN2O2/c1-19(9-10-4-2-3-5-14(10)20)15(21)18-13-8-11(17)6-7-12(13)16/h6-8,10,14,20H,2-5,9H2,1H3,(H,18,21). The van der Waals surface area contributed by atoms with Crippen LogP contribution in [0.4, 0.5) is 14.9 Å². The molecule has 0 saturated heterocycles. The Bertz CT molecular complexity index is 512. The molecule has 2 amide bonds. The molecule has 116 valence electrons. The zero-order valence-electron chi connectivity index (χ0n) is 12.0. The molecule has 0 aliphatic heterocycles. The van der Waals surface area contributed by atoms with Crippen molar-refractivity contribution in [3.05, 3.63) is 29.0 Å². The van der Waals surface area contributed by atoms with Gasteiger partial charge in [0, 0.05) is 19.5 Å². The molecule has 0 spiro atoms. The van der Waals surface area contributed by atoms with Crippen LogP contribution in [0.3, 0.4) is 0 Å². The van der Waals surface area contributed by atoms with Crippen molar-refractivity contribution in [2.24, 2.45) is 5.92 Å². The minimum Gasteiger partial charge on any atom is -0.393 e. The van der Waals surface area contributed by atoms with Gasteiger partial charge in [0.2, 0.25) is 0 Å². The molecule has 0 heterocycles. The number of halogens is 2. The number of carbonyl (C=O) groups is 1. The molecule has 0 bridgehead atoms. The van der Waals surface area contributed by atoms with Crippen LogP contribution in [0.15, 0.2) is 18.2 Å². The first-order valence-corrected chi connectivity index (χ1v) is 7.50. The summed E-state index contributed by atoms with van der Waals surface area (Å²) in [6.07, 6.45) is 3.46. The molecular formula is C15H20ClFN2O2. The molecule has 4 nitrogen and oxygen atoms in total. The van der Waals surface area contributed by atoms with Crippen molar-refractivity contribution in [1.82, 2.24) is 4.90 Å². The first-order valence-electron chi connectivity index (χ1n) is 7.12. The van der Waals surface area contributed by atoms with E-state index in [-0.39, 0.29) is 28.8 Å². The number of urea groups is 1. The van der Waals surface area contributed by atoms with Crippen molar-refractivity contribution in [2.45, 2.75) is 31.8 Å². The number of nitrogens with one attached hydrogen (secondary N) is 1. The van der Waals surface area contributed by atoms with E-state index in [1.54, 1.807) is 7.05 Å². The number of hydrogen-bond acceptors (Lipinski definition) is 2. The Hall–Kier alpha value is -1.33. The van der Waals surface area contributed by atoms with Crippen LogP contribution in [0.1, 0.15) is 25.7 Å². The lowest BCUT2D eigenvalue weighted by molar-refractivity contribution is 0.0575. The molecule has 1 aliphatic rings. The SMILES string of the molecule is CN(CC1CCCCC1O)C(=O)Nc1cc(F)ccc1Cl. The lowest BCUT2D eigenvalue weighted by Gasteiger charge is -2.31. The number of benzene rings is 1. The minimum atomic E-state index is -0.458. The molecule has 0 aromatic heterocycles. The number of aliphatic hydroxyl groups is 1. The van der Waals surface area contributed by atoms with Gasteiger partial charge in [-0.1, -0.05) is 24.4 Å². The van der Waals surface area contributed by atoms with Gasteiger partial charge < -0.3 is 15.3 Å². The molecule has 1 saturated carbocycles. The molecule has 2 N–H and O–H groups in total. The Morgan fingerprint density at radius 1 is 1.48 bits per heavy atom. The van der Waals surface area contributed by atoms with E-state index in [9.17, 15) is 14.3 Å². The molecule has 1 fully saturated rings. The van der Waals surface area contributed by atoms with Crippen molar-refractivity contribution in [1.29, 1.82) is 0 Å². The van der Waals surface area contributed by atoms with E-state index in [1.165, 1.54) is 23.1 Å². The third-order valence-corrected chi connectivity index (χ3v) is 4.22. The minimum absolute atomic E-state index is 0.0949. The first-order chi connectivity index (χ1) is 9.97. The fourth-order valence-electron chi connectivity index (χ4n) is 2.64. The summed E-state index contributed by atoms with van der Waals surface area (Å²) < 4.78 is 13.2. The molecule has 2 rings (SSSR count). The van der Waals surface area contributed by atoms with Gasteiger partial charge in [0.1, 0.15) is 5.82 Å². The molecule has 21 heavy (non-hydrogen) atoms. The van der Waals surface area contributed by atoms with Gasteiger partial charge in [-0.25, -0.2) is 9.18 Å². The van der Waals surface area contributed by atoms with E-state index in [0.717, 1.165) is 25.7 Å². The Morgan fingerprint density at radius 3 is 2.90 bits per heavy atom. The van der Waals surface area contributed by atoms with Gasteiger partial charge in [-0.05, 0) is 31.0 Å². The molecule has 0 radical (unpaired) electrons. The van der Waals surface area contributed by atoms with Gasteiger partial charge >= 0.3 is 6.03 Å². The summed E-state index contributed by atoms with van der Waals surface area (Å²) in [5.74, 6) is -0.363. The Morgan fingerprint density at radius 2 is 2.19 bits per heavy atom. The largest absolute Gasteiger partial charge is 0.393 e. The zero-order valence-corrected chi connectivity index (χ0v) is 12.7. The molecule has 1 aromatic rings. The van der Waals surface area contributed by atoms with Gasteiger partial charge in [-0.3, -0.25) is 0 Å². The summed E-state index contributed by atoms with van der Waals surface area (Å²) in [5, 5.41) is 12.8. The fourth-order valence-corrected chi connectivity index (χ4v) is 2.80. The molecule has 6 heteroatoms.